The van der Waals surface area contributed by atoms with E-state index in [-0.39, 0.29) is 10.8 Å². The maximum atomic E-state index is 6.74. The Morgan fingerprint density at radius 2 is 1.76 bits per heavy atom. The monoisotopic (exact) mass is 480 g/mol. The van der Waals surface area contributed by atoms with E-state index in [1.54, 1.807) is 0 Å². The van der Waals surface area contributed by atoms with Gasteiger partial charge in [-0.15, -0.1) is 8.58 Å². The summed E-state index contributed by atoms with van der Waals surface area (Å²) in [6, 6.07) is 11.6. The van der Waals surface area contributed by atoms with E-state index in [1.165, 1.54) is 32.9 Å². The number of aryl methyl sites for hydroxylation is 1. The van der Waals surface area contributed by atoms with Gasteiger partial charge < -0.3 is 4.74 Å². The summed E-state index contributed by atoms with van der Waals surface area (Å²) in [7, 11) is 1.53. The molecule has 1 nitrogen and oxygen atoms in total. The summed E-state index contributed by atoms with van der Waals surface area (Å²) in [6.45, 7) is 19.2. The van der Waals surface area contributed by atoms with Crippen LogP contribution in [0.2, 0.25) is 0 Å². The van der Waals surface area contributed by atoms with E-state index in [9.17, 15) is 0 Å². The Hall–Kier alpha value is -1.42. The molecule has 178 valence electrons. The van der Waals surface area contributed by atoms with Gasteiger partial charge in [0.25, 0.3) is 0 Å². The number of ether oxygens (including phenoxy) is 1. The van der Waals surface area contributed by atoms with Crippen molar-refractivity contribution in [2.24, 2.45) is 5.92 Å². The zero-order chi connectivity index (χ0) is 24.2. The highest BCUT2D eigenvalue weighted by atomic mass is 31.1. The maximum Gasteiger partial charge on any atom is 0.130 e. The van der Waals surface area contributed by atoms with E-state index in [4.69, 9.17) is 4.74 Å². The van der Waals surface area contributed by atoms with Crippen LogP contribution in [0.1, 0.15) is 70.2 Å². The summed E-state index contributed by atoms with van der Waals surface area (Å²) in [5, 5.41) is 2.86. The average Bonchev–Trinajstić information content (AvgIpc) is 2.74. The van der Waals surface area contributed by atoms with Crippen LogP contribution in [-0.2, 0) is 17.0 Å². The molecule has 0 saturated carbocycles. The standard InChI is InChI=1S/C30H42OP2/c1-21-13-12-16-23(20-32-8)28(21)33-26-18-24(29(2,3)4)17-25(30(5,6)7)27(26)31-19-22-14-10-9-11-15-22/h9-14,16-18,22,32-33H,15,19-20H2,1-8H3. The Bertz CT molecular complexity index is 1020. The molecular formula is C30H42OP2. The number of allylic oxidation sites excluding steroid dienone is 3. The van der Waals surface area contributed by atoms with Gasteiger partial charge in [-0.1, -0.05) is 98.7 Å². The van der Waals surface area contributed by atoms with E-state index in [0.29, 0.717) is 14.5 Å². The molecule has 3 unspecified atom stereocenters. The van der Waals surface area contributed by atoms with E-state index >= 15 is 0 Å². The van der Waals surface area contributed by atoms with Gasteiger partial charge in [0.2, 0.25) is 0 Å². The predicted molar refractivity (Wildman–Crippen MR) is 152 cm³/mol. The number of benzene rings is 2. The molecule has 0 fully saturated rings. The zero-order valence-corrected chi connectivity index (χ0v) is 23.8. The predicted octanol–water partition coefficient (Wildman–Crippen LogP) is 7.54. The highest BCUT2D eigenvalue weighted by Crippen LogP contribution is 2.38. The van der Waals surface area contributed by atoms with Gasteiger partial charge in [-0.3, -0.25) is 0 Å². The minimum absolute atomic E-state index is 0.0114. The molecule has 0 heterocycles. The first-order valence-electron chi connectivity index (χ1n) is 12.2. The van der Waals surface area contributed by atoms with Gasteiger partial charge in [-0.05, 0) is 65.1 Å². The fraction of sp³-hybridized carbons (Fsp3) is 0.467. The Labute approximate surface area is 206 Å². The molecule has 0 spiro atoms. The fourth-order valence-corrected chi connectivity index (χ4v) is 6.48. The van der Waals surface area contributed by atoms with Crippen LogP contribution >= 0.6 is 17.2 Å². The lowest BCUT2D eigenvalue weighted by atomic mass is 9.80. The van der Waals surface area contributed by atoms with Crippen LogP contribution in [0.25, 0.3) is 0 Å². The Kier molecular flexibility index (Phi) is 8.64. The first-order chi connectivity index (χ1) is 15.5. The molecule has 0 saturated heterocycles. The second kappa shape index (κ2) is 10.9. The molecule has 0 radical (unpaired) electrons. The van der Waals surface area contributed by atoms with E-state index < -0.39 is 0 Å². The molecule has 33 heavy (non-hydrogen) atoms. The Morgan fingerprint density at radius 3 is 2.36 bits per heavy atom. The highest BCUT2D eigenvalue weighted by Gasteiger charge is 2.27. The van der Waals surface area contributed by atoms with Crippen molar-refractivity contribution in [1.29, 1.82) is 0 Å². The van der Waals surface area contributed by atoms with Crippen molar-refractivity contribution in [2.45, 2.75) is 71.9 Å². The molecule has 0 aromatic heterocycles. The summed E-state index contributed by atoms with van der Waals surface area (Å²) in [6.07, 6.45) is 11.0. The molecule has 1 aliphatic rings. The lowest BCUT2D eigenvalue weighted by molar-refractivity contribution is 0.271. The third kappa shape index (κ3) is 6.81. The summed E-state index contributed by atoms with van der Waals surface area (Å²) in [4.78, 5) is 0. The molecule has 3 heteroatoms. The SMILES string of the molecule is CPCc1cccc(C)c1Pc1cc(C(C)(C)C)cc(C(C)(C)C)c1OCC1C=CC=CC1. The highest BCUT2D eigenvalue weighted by molar-refractivity contribution is 7.56. The number of hydrogen-bond acceptors (Lipinski definition) is 1. The largest absolute Gasteiger partial charge is 0.492 e. The van der Waals surface area contributed by atoms with Crippen LogP contribution in [-0.4, -0.2) is 13.3 Å². The first kappa shape index (κ1) is 26.2. The summed E-state index contributed by atoms with van der Waals surface area (Å²) in [5.41, 5.74) is 5.73. The second-order valence-corrected chi connectivity index (χ2v) is 13.6. The Morgan fingerprint density at radius 1 is 1.00 bits per heavy atom. The molecule has 3 rings (SSSR count). The van der Waals surface area contributed by atoms with E-state index in [0.717, 1.165) is 33.5 Å². The Balaban J connectivity index is 2.13. The lowest BCUT2D eigenvalue weighted by Crippen LogP contribution is -2.25. The minimum atomic E-state index is 0.0114. The molecular weight excluding hydrogens is 438 g/mol. The quantitative estimate of drug-likeness (QED) is 0.372. The van der Waals surface area contributed by atoms with E-state index in [1.807, 2.05) is 0 Å². The van der Waals surface area contributed by atoms with Crippen molar-refractivity contribution < 1.29 is 4.74 Å². The van der Waals surface area contributed by atoms with Crippen molar-refractivity contribution in [3.05, 3.63) is 76.9 Å². The second-order valence-electron chi connectivity index (χ2n) is 11.3. The molecule has 1 aliphatic carbocycles. The van der Waals surface area contributed by atoms with Crippen molar-refractivity contribution in [2.75, 3.05) is 13.3 Å². The fourth-order valence-electron chi connectivity index (χ4n) is 4.19. The van der Waals surface area contributed by atoms with Gasteiger partial charge in [-0.2, -0.15) is 0 Å². The van der Waals surface area contributed by atoms with Gasteiger partial charge in [0.15, 0.2) is 0 Å². The van der Waals surface area contributed by atoms with Crippen molar-refractivity contribution >= 4 is 27.8 Å². The summed E-state index contributed by atoms with van der Waals surface area (Å²) >= 11 is 0. The van der Waals surface area contributed by atoms with E-state index in [2.05, 4.69) is 110 Å². The average molecular weight is 481 g/mol. The van der Waals surface area contributed by atoms with Crippen LogP contribution in [0.5, 0.6) is 5.75 Å². The summed E-state index contributed by atoms with van der Waals surface area (Å²) < 4.78 is 6.74. The van der Waals surface area contributed by atoms with Crippen molar-refractivity contribution in [1.82, 2.24) is 0 Å². The topological polar surface area (TPSA) is 9.23 Å². The van der Waals surface area contributed by atoms with Crippen LogP contribution < -0.4 is 15.3 Å². The third-order valence-corrected chi connectivity index (χ3v) is 8.60. The first-order valence-corrected chi connectivity index (χ1v) is 14.9. The molecule has 0 bridgehead atoms. The van der Waals surface area contributed by atoms with Crippen LogP contribution in [0, 0.1) is 12.8 Å². The number of hydrogen-bond donors (Lipinski definition) is 0. The van der Waals surface area contributed by atoms with Gasteiger partial charge >= 0.3 is 0 Å². The normalized spacial score (nSPS) is 17.0. The van der Waals surface area contributed by atoms with Crippen LogP contribution in [0.15, 0.2) is 54.6 Å². The third-order valence-electron chi connectivity index (χ3n) is 6.26. The van der Waals surface area contributed by atoms with Gasteiger partial charge in [0, 0.05) is 16.8 Å². The molecule has 0 amide bonds. The van der Waals surface area contributed by atoms with Crippen molar-refractivity contribution in [3.63, 3.8) is 0 Å². The minimum Gasteiger partial charge on any atom is -0.492 e. The smallest absolute Gasteiger partial charge is 0.130 e. The molecule has 3 atom stereocenters. The maximum absolute atomic E-state index is 6.74. The van der Waals surface area contributed by atoms with Crippen LogP contribution in [0.3, 0.4) is 0 Å². The molecule has 2 aromatic rings. The summed E-state index contributed by atoms with van der Waals surface area (Å²) in [5.74, 6) is 1.56. The molecule has 0 N–H and O–H groups in total. The zero-order valence-electron chi connectivity index (χ0n) is 21.8. The lowest BCUT2D eigenvalue weighted by Gasteiger charge is -2.30. The van der Waals surface area contributed by atoms with Gasteiger partial charge in [-0.25, -0.2) is 0 Å². The molecule has 0 aliphatic heterocycles. The number of rotatable bonds is 7. The molecule has 2 aromatic carbocycles. The van der Waals surface area contributed by atoms with Crippen LogP contribution in [0.4, 0.5) is 0 Å². The van der Waals surface area contributed by atoms with Crippen molar-refractivity contribution in [3.8, 4) is 5.75 Å². The van der Waals surface area contributed by atoms with Gasteiger partial charge in [0.05, 0.1) is 6.61 Å². The van der Waals surface area contributed by atoms with Gasteiger partial charge in [0.1, 0.15) is 5.75 Å².